The average Bonchev–Trinajstić information content (AvgIpc) is 2.45. The molecule has 0 unspecified atom stereocenters. The molecule has 20 heavy (non-hydrogen) atoms. The summed E-state index contributed by atoms with van der Waals surface area (Å²) < 4.78 is 18.8. The lowest BCUT2D eigenvalue weighted by Gasteiger charge is -2.08. The van der Waals surface area contributed by atoms with Gasteiger partial charge in [-0.2, -0.15) is 0 Å². The summed E-state index contributed by atoms with van der Waals surface area (Å²) >= 11 is 0. The number of benzene rings is 2. The fraction of sp³-hybridized carbons (Fsp3) is 0.235. The maximum Gasteiger partial charge on any atom is 0.203 e. The van der Waals surface area contributed by atoms with Crippen molar-refractivity contribution >= 4 is 5.78 Å². The predicted octanol–water partition coefficient (Wildman–Crippen LogP) is 4.21. The van der Waals surface area contributed by atoms with Crippen molar-refractivity contribution in [3.63, 3.8) is 0 Å². The van der Waals surface area contributed by atoms with Crippen LogP contribution >= 0.6 is 0 Å². The summed E-state index contributed by atoms with van der Waals surface area (Å²) in [6.07, 6.45) is 0. The molecule has 0 bridgehead atoms. The lowest BCUT2D eigenvalue weighted by Crippen LogP contribution is -2.13. The van der Waals surface area contributed by atoms with Crippen molar-refractivity contribution in [1.82, 2.24) is 0 Å². The summed E-state index contributed by atoms with van der Waals surface area (Å²) in [6, 6.07) is 13.5. The number of carbonyl (C=O) groups is 1. The lowest BCUT2D eigenvalue weighted by molar-refractivity contribution is 0.0917. The van der Waals surface area contributed by atoms with E-state index in [1.807, 2.05) is 24.3 Å². The Balaban J connectivity index is 1.98. The summed E-state index contributed by atoms with van der Waals surface area (Å²) in [4.78, 5) is 11.8. The molecular formula is C17H17FO2. The molecule has 0 spiro atoms. The zero-order chi connectivity index (χ0) is 14.5. The van der Waals surface area contributed by atoms with Crippen molar-refractivity contribution in [2.24, 2.45) is 0 Å². The third kappa shape index (κ3) is 3.44. The molecule has 0 saturated carbocycles. The Morgan fingerprint density at radius 3 is 2.35 bits per heavy atom. The van der Waals surface area contributed by atoms with Gasteiger partial charge >= 0.3 is 0 Å². The largest absolute Gasteiger partial charge is 0.485 e. The molecule has 0 N–H and O–H groups in total. The smallest absolute Gasteiger partial charge is 0.203 e. The fourth-order valence-electron chi connectivity index (χ4n) is 1.86. The van der Waals surface area contributed by atoms with Gasteiger partial charge in [-0.1, -0.05) is 38.1 Å². The number of Topliss-reactive ketones (excluding diaryl/α,β-unsaturated/α-hetero) is 1. The standard InChI is InChI=1S/C17H17FO2/c1-12(2)13-7-9-14(10-8-13)20-11-17(19)15-5-3-4-6-16(15)18/h3-10,12H,11H2,1-2H3. The van der Waals surface area contributed by atoms with E-state index in [0.29, 0.717) is 11.7 Å². The first-order chi connectivity index (χ1) is 9.58. The number of hydrogen-bond acceptors (Lipinski definition) is 2. The quantitative estimate of drug-likeness (QED) is 0.762. The van der Waals surface area contributed by atoms with Crippen molar-refractivity contribution in [2.75, 3.05) is 6.61 Å². The van der Waals surface area contributed by atoms with E-state index in [0.717, 1.165) is 0 Å². The molecule has 0 aliphatic carbocycles. The van der Waals surface area contributed by atoms with Crippen molar-refractivity contribution in [1.29, 1.82) is 0 Å². The maximum atomic E-state index is 13.4. The Kier molecular flexibility index (Phi) is 4.51. The highest BCUT2D eigenvalue weighted by molar-refractivity contribution is 5.97. The van der Waals surface area contributed by atoms with Crippen LogP contribution in [0.25, 0.3) is 0 Å². The Labute approximate surface area is 118 Å². The van der Waals surface area contributed by atoms with Crippen LogP contribution in [-0.4, -0.2) is 12.4 Å². The molecule has 2 nitrogen and oxygen atoms in total. The maximum absolute atomic E-state index is 13.4. The zero-order valence-electron chi connectivity index (χ0n) is 11.6. The highest BCUT2D eigenvalue weighted by Crippen LogP contribution is 2.19. The van der Waals surface area contributed by atoms with Crippen LogP contribution in [0.15, 0.2) is 48.5 Å². The number of rotatable bonds is 5. The number of hydrogen-bond donors (Lipinski definition) is 0. The van der Waals surface area contributed by atoms with Crippen LogP contribution in [-0.2, 0) is 0 Å². The van der Waals surface area contributed by atoms with Crippen LogP contribution in [0.3, 0.4) is 0 Å². The van der Waals surface area contributed by atoms with Gasteiger partial charge in [0.2, 0.25) is 5.78 Å². The second kappa shape index (κ2) is 6.33. The van der Waals surface area contributed by atoms with Crippen molar-refractivity contribution in [2.45, 2.75) is 19.8 Å². The molecule has 2 aromatic rings. The van der Waals surface area contributed by atoms with Crippen molar-refractivity contribution in [3.05, 3.63) is 65.5 Å². The Morgan fingerprint density at radius 1 is 1.10 bits per heavy atom. The predicted molar refractivity (Wildman–Crippen MR) is 76.8 cm³/mol. The van der Waals surface area contributed by atoms with Crippen molar-refractivity contribution in [3.8, 4) is 5.75 Å². The Bertz CT molecular complexity index is 588. The van der Waals surface area contributed by atoms with Gasteiger partial charge in [0.05, 0.1) is 5.56 Å². The van der Waals surface area contributed by atoms with E-state index in [1.165, 1.54) is 17.7 Å². The molecule has 0 fully saturated rings. The molecule has 104 valence electrons. The van der Waals surface area contributed by atoms with E-state index >= 15 is 0 Å². The van der Waals surface area contributed by atoms with Crippen LogP contribution in [0.2, 0.25) is 0 Å². The molecule has 3 heteroatoms. The molecule has 0 atom stereocenters. The third-order valence-electron chi connectivity index (χ3n) is 3.09. The average molecular weight is 272 g/mol. The van der Waals surface area contributed by atoms with E-state index in [-0.39, 0.29) is 18.0 Å². The van der Waals surface area contributed by atoms with Gasteiger partial charge in [0, 0.05) is 0 Å². The van der Waals surface area contributed by atoms with Gasteiger partial charge < -0.3 is 4.74 Å². The van der Waals surface area contributed by atoms with Gasteiger partial charge in [-0.3, -0.25) is 4.79 Å². The van der Waals surface area contributed by atoms with E-state index in [1.54, 1.807) is 12.1 Å². The highest BCUT2D eigenvalue weighted by atomic mass is 19.1. The van der Waals surface area contributed by atoms with Gasteiger partial charge in [-0.15, -0.1) is 0 Å². The van der Waals surface area contributed by atoms with Crippen molar-refractivity contribution < 1.29 is 13.9 Å². The molecule has 0 radical (unpaired) electrons. The molecule has 0 aliphatic rings. The molecule has 2 aromatic carbocycles. The molecule has 0 aromatic heterocycles. The summed E-state index contributed by atoms with van der Waals surface area (Å²) in [5.41, 5.74) is 1.27. The van der Waals surface area contributed by atoms with Crippen LogP contribution in [0.5, 0.6) is 5.75 Å². The first-order valence-electron chi connectivity index (χ1n) is 6.58. The second-order valence-electron chi connectivity index (χ2n) is 4.92. The second-order valence-corrected chi connectivity index (χ2v) is 4.92. The minimum atomic E-state index is -0.517. The lowest BCUT2D eigenvalue weighted by atomic mass is 10.0. The van der Waals surface area contributed by atoms with Crippen LogP contribution < -0.4 is 4.74 Å². The monoisotopic (exact) mass is 272 g/mol. The number of halogens is 1. The highest BCUT2D eigenvalue weighted by Gasteiger charge is 2.11. The van der Waals surface area contributed by atoms with E-state index in [4.69, 9.17) is 4.74 Å². The number of ketones is 1. The van der Waals surface area contributed by atoms with E-state index < -0.39 is 5.82 Å². The summed E-state index contributed by atoms with van der Waals surface area (Å²) in [6.45, 7) is 4.05. The summed E-state index contributed by atoms with van der Waals surface area (Å²) in [5.74, 6) is 0.176. The number of carbonyl (C=O) groups excluding carboxylic acids is 1. The first-order valence-corrected chi connectivity index (χ1v) is 6.58. The Hall–Kier alpha value is -2.16. The minimum absolute atomic E-state index is 0.0614. The normalized spacial score (nSPS) is 10.6. The van der Waals surface area contributed by atoms with Crippen LogP contribution in [0.4, 0.5) is 4.39 Å². The van der Waals surface area contributed by atoms with E-state index in [2.05, 4.69) is 13.8 Å². The Morgan fingerprint density at radius 2 is 1.75 bits per heavy atom. The summed E-state index contributed by atoms with van der Waals surface area (Å²) in [5, 5.41) is 0. The fourth-order valence-corrected chi connectivity index (χ4v) is 1.86. The first kappa shape index (κ1) is 14.3. The van der Waals surface area contributed by atoms with E-state index in [9.17, 15) is 9.18 Å². The molecular weight excluding hydrogens is 255 g/mol. The summed E-state index contributed by atoms with van der Waals surface area (Å²) in [7, 11) is 0. The molecule has 0 amide bonds. The van der Waals surface area contributed by atoms with Gasteiger partial charge in [0.25, 0.3) is 0 Å². The molecule has 0 saturated heterocycles. The zero-order valence-corrected chi connectivity index (χ0v) is 11.6. The molecule has 0 aliphatic heterocycles. The number of ether oxygens (including phenoxy) is 1. The van der Waals surface area contributed by atoms with Gasteiger partial charge in [0.1, 0.15) is 11.6 Å². The SMILES string of the molecule is CC(C)c1ccc(OCC(=O)c2ccccc2F)cc1. The molecule has 0 heterocycles. The van der Waals surface area contributed by atoms with Gasteiger partial charge in [-0.05, 0) is 35.7 Å². The van der Waals surface area contributed by atoms with Crippen LogP contribution in [0.1, 0.15) is 35.7 Å². The van der Waals surface area contributed by atoms with Gasteiger partial charge in [0.15, 0.2) is 6.61 Å². The van der Waals surface area contributed by atoms with Gasteiger partial charge in [-0.25, -0.2) is 4.39 Å². The van der Waals surface area contributed by atoms with Crippen LogP contribution in [0, 0.1) is 5.82 Å². The third-order valence-corrected chi connectivity index (χ3v) is 3.09. The minimum Gasteiger partial charge on any atom is -0.485 e. The molecule has 2 rings (SSSR count). The topological polar surface area (TPSA) is 26.3 Å².